The van der Waals surface area contributed by atoms with E-state index < -0.39 is 11.5 Å². The van der Waals surface area contributed by atoms with Gasteiger partial charge < -0.3 is 0 Å². The fourth-order valence-corrected chi connectivity index (χ4v) is 13.9. The molecule has 0 saturated heterocycles. The van der Waals surface area contributed by atoms with Crippen molar-refractivity contribution in [3.8, 4) is 11.6 Å². The van der Waals surface area contributed by atoms with Crippen LogP contribution in [0.2, 0.25) is 0 Å². The van der Waals surface area contributed by atoms with Gasteiger partial charge in [0.15, 0.2) is 0 Å². The van der Waals surface area contributed by atoms with Crippen molar-refractivity contribution in [1.82, 2.24) is 9.30 Å². The van der Waals surface area contributed by atoms with E-state index in [2.05, 4.69) is 21.0 Å². The van der Waals surface area contributed by atoms with E-state index in [1.54, 1.807) is 18.4 Å². The van der Waals surface area contributed by atoms with Crippen LogP contribution in [0.4, 0.5) is 0 Å². The average molecular weight is 333 g/mol. The van der Waals surface area contributed by atoms with Crippen molar-refractivity contribution in [3.05, 3.63) is 0 Å². The third-order valence-corrected chi connectivity index (χ3v) is 14.8. The average Bonchev–Trinajstić information content (AvgIpc) is 1.96. The number of halogens is 4. The van der Waals surface area contributed by atoms with E-state index in [0.717, 1.165) is 0 Å². The van der Waals surface area contributed by atoms with Gasteiger partial charge in [-0.05, 0) is 0 Å². The first-order valence-electron chi connectivity index (χ1n) is 3.39. The molecule has 1 atom stereocenters. The third-order valence-electron chi connectivity index (χ3n) is 1.33. The number of hydrogen-bond acceptors (Lipinski definition) is 3. The summed E-state index contributed by atoms with van der Waals surface area (Å²) in [4.78, 5) is 2.91. The second kappa shape index (κ2) is 4.19. The molecule has 0 aliphatic carbocycles. The van der Waals surface area contributed by atoms with Crippen molar-refractivity contribution in [3.63, 3.8) is 0 Å². The molecule has 0 bridgehead atoms. The molecule has 1 unspecified atom stereocenters. The molecule has 0 aromatic rings. The van der Waals surface area contributed by atoms with Crippen LogP contribution >= 0.6 is 65.4 Å². The van der Waals surface area contributed by atoms with Gasteiger partial charge in [0.2, 0.25) is 0 Å². The van der Waals surface area contributed by atoms with Gasteiger partial charge in [-0.3, -0.25) is 0 Å². The van der Waals surface area contributed by atoms with Crippen molar-refractivity contribution < 1.29 is 0 Å². The second-order valence-corrected chi connectivity index (χ2v) is 16.7. The minimum absolute atomic E-state index is 0.126. The maximum absolute atomic E-state index is 6.16. The van der Waals surface area contributed by atoms with Gasteiger partial charge in [-0.15, -0.1) is 0 Å². The van der Waals surface area contributed by atoms with Crippen molar-refractivity contribution in [2.75, 3.05) is 7.05 Å². The number of nitrogens with one attached hydrogen (secondary N) is 1. The zero-order valence-corrected chi connectivity index (χ0v) is 13.1. The van der Waals surface area contributed by atoms with Crippen LogP contribution < -0.4 is 4.86 Å². The molecule has 0 spiro atoms. The van der Waals surface area contributed by atoms with Gasteiger partial charge in [0, 0.05) is 0 Å². The summed E-state index contributed by atoms with van der Waals surface area (Å²) in [5, 5.41) is 0. The fourth-order valence-electron chi connectivity index (χ4n) is 0.730. The van der Waals surface area contributed by atoms with Crippen LogP contribution in [0, 0.1) is 11.6 Å². The molecule has 0 aromatic carbocycles. The Morgan fingerprint density at radius 3 is 2.50 bits per heavy atom. The van der Waals surface area contributed by atoms with Crippen molar-refractivity contribution >= 4 is 65.4 Å². The van der Waals surface area contributed by atoms with Gasteiger partial charge in [0.05, 0.1) is 0 Å². The zero-order chi connectivity index (χ0) is 11.1. The summed E-state index contributed by atoms with van der Waals surface area (Å²) >= 11 is 24.4. The van der Waals surface area contributed by atoms with Gasteiger partial charge in [-0.2, -0.15) is 0 Å². The van der Waals surface area contributed by atoms with E-state index in [-0.39, 0.29) is 8.88 Å². The van der Waals surface area contributed by atoms with Crippen LogP contribution in [0.3, 0.4) is 0 Å². The summed E-state index contributed by atoms with van der Waals surface area (Å²) in [5.74, 6) is 0.0453. The molecule has 0 radical (unpaired) electrons. The Bertz CT molecular complexity index is 366. The topological polar surface area (TPSA) is 27.6 Å². The van der Waals surface area contributed by atoms with Gasteiger partial charge in [-0.25, -0.2) is 0 Å². The molecule has 0 amide bonds. The number of nitrogens with zero attached hydrogens (tertiary/aromatic N) is 2. The first-order chi connectivity index (χ1) is 6.18. The molecule has 0 fully saturated rings. The van der Waals surface area contributed by atoms with Crippen LogP contribution in [0.1, 0.15) is 6.92 Å². The summed E-state index contributed by atoms with van der Waals surface area (Å²) in [6, 6.07) is 0. The molecule has 1 heterocycles. The van der Waals surface area contributed by atoms with Crippen LogP contribution in [0.15, 0.2) is 4.52 Å². The summed E-state index contributed by atoms with van der Waals surface area (Å²) in [5.41, 5.74) is -0.883. The van der Waals surface area contributed by atoms with Crippen molar-refractivity contribution in [1.29, 1.82) is 0 Å². The predicted octanol–water partition coefficient (Wildman–Crippen LogP) is 5.13. The minimum atomic E-state index is -3.57. The molecule has 14 heavy (non-hydrogen) atoms. The summed E-state index contributed by atoms with van der Waals surface area (Å²) in [7, 11) is 1.88. The van der Waals surface area contributed by atoms with Gasteiger partial charge in [0.25, 0.3) is 0 Å². The van der Waals surface area contributed by atoms with Crippen LogP contribution in [-0.4, -0.2) is 11.5 Å². The van der Waals surface area contributed by atoms with Crippen LogP contribution in [0.5, 0.6) is 0 Å². The Kier molecular flexibility index (Phi) is 4.13. The van der Waals surface area contributed by atoms with Crippen molar-refractivity contribution in [2.24, 2.45) is 4.52 Å². The molecule has 0 saturated carbocycles. The van der Waals surface area contributed by atoms with E-state index in [1.807, 2.05) is 0 Å². The maximum atomic E-state index is 6.16. The summed E-state index contributed by atoms with van der Waals surface area (Å²) in [6.45, 7) is 1.64. The SMILES string of the molecule is CC#CP1(Cl)(Cl)N=P(Cl)(Cl)N(C)PN1. The molecule has 82 valence electrons. The molecular weight excluding hydrogens is 325 g/mol. The first-order valence-corrected chi connectivity index (χ1v) is 11.8. The Balaban J connectivity index is 3.29. The predicted molar refractivity (Wildman–Crippen MR) is 72.3 cm³/mol. The molecular formula is C4H8Cl4N3P3. The second-order valence-electron chi connectivity index (χ2n) is 2.52. The first kappa shape index (κ1) is 13.8. The van der Waals surface area contributed by atoms with E-state index in [0.29, 0.717) is 0 Å². The molecule has 1 aliphatic heterocycles. The molecule has 1 N–H and O–H groups in total. The third kappa shape index (κ3) is 3.11. The van der Waals surface area contributed by atoms with E-state index in [4.69, 9.17) is 45.0 Å². The standard InChI is InChI=1S/C4H8Cl4N3P3/c1-3-4-14(7,8)9-12-11(2)13(5,6)10-14/h9,12H,1-2H3. The molecule has 0 aromatic heterocycles. The molecule has 3 nitrogen and oxygen atoms in total. The number of rotatable bonds is 0. The Morgan fingerprint density at radius 2 is 2.07 bits per heavy atom. The quantitative estimate of drug-likeness (QED) is 0.492. The van der Waals surface area contributed by atoms with Gasteiger partial charge in [0.1, 0.15) is 0 Å². The monoisotopic (exact) mass is 331 g/mol. The Hall–Kier alpha value is 1.73. The van der Waals surface area contributed by atoms with E-state index in [9.17, 15) is 0 Å². The molecule has 10 heteroatoms. The number of hydrogen-bond donors (Lipinski definition) is 1. The normalized spacial score (nSPS) is 33.1. The Labute approximate surface area is 104 Å². The van der Waals surface area contributed by atoms with Crippen LogP contribution in [0.25, 0.3) is 0 Å². The van der Waals surface area contributed by atoms with Gasteiger partial charge in [-0.1, -0.05) is 0 Å². The fraction of sp³-hybridized carbons (Fsp3) is 0.500. The van der Waals surface area contributed by atoms with E-state index >= 15 is 0 Å². The van der Waals surface area contributed by atoms with E-state index in [1.165, 1.54) is 0 Å². The van der Waals surface area contributed by atoms with Crippen LogP contribution in [-0.2, 0) is 0 Å². The molecule has 1 aliphatic rings. The van der Waals surface area contributed by atoms with Gasteiger partial charge >= 0.3 is 105 Å². The van der Waals surface area contributed by atoms with Crippen molar-refractivity contribution in [2.45, 2.75) is 6.92 Å². The summed E-state index contributed by atoms with van der Waals surface area (Å²) < 4.78 is 5.80. The zero-order valence-electron chi connectivity index (χ0n) is 7.30. The summed E-state index contributed by atoms with van der Waals surface area (Å²) in [6.07, 6.45) is 0. The Morgan fingerprint density at radius 1 is 1.50 bits per heavy atom. The molecule has 1 rings (SSSR count).